The van der Waals surface area contributed by atoms with Gasteiger partial charge in [0.15, 0.2) is 0 Å². The van der Waals surface area contributed by atoms with Crippen molar-refractivity contribution >= 4 is 11.8 Å². The largest absolute Gasteiger partial charge is 0.311 e. The van der Waals surface area contributed by atoms with Gasteiger partial charge >= 0.3 is 0 Å². The first kappa shape index (κ1) is 13.0. The van der Waals surface area contributed by atoms with Crippen molar-refractivity contribution in [2.45, 2.75) is 44.9 Å². The Bertz CT molecular complexity index is 360. The number of aryl methyl sites for hydroxylation is 2. The summed E-state index contributed by atoms with van der Waals surface area (Å²) in [5, 5.41) is 3.62. The van der Waals surface area contributed by atoms with E-state index in [9.17, 15) is 0 Å². The summed E-state index contributed by atoms with van der Waals surface area (Å²) < 4.78 is 0.471. The van der Waals surface area contributed by atoms with Crippen LogP contribution in [0.4, 0.5) is 0 Å². The Labute approximate surface area is 109 Å². The molecular formula is C15H23NS. The molecule has 1 aliphatic heterocycles. The maximum atomic E-state index is 3.62. The molecule has 1 saturated heterocycles. The van der Waals surface area contributed by atoms with E-state index in [1.54, 1.807) is 0 Å². The van der Waals surface area contributed by atoms with Crippen LogP contribution < -0.4 is 5.32 Å². The summed E-state index contributed by atoms with van der Waals surface area (Å²) in [6.45, 7) is 8.86. The van der Waals surface area contributed by atoms with Crippen molar-refractivity contribution in [1.82, 2.24) is 5.32 Å². The van der Waals surface area contributed by atoms with E-state index in [2.05, 4.69) is 56.0 Å². The number of benzene rings is 1. The molecule has 0 aromatic heterocycles. The van der Waals surface area contributed by atoms with E-state index >= 15 is 0 Å². The average Bonchev–Trinajstić information content (AvgIpc) is 2.64. The lowest BCUT2D eigenvalue weighted by Crippen LogP contribution is -2.32. The van der Waals surface area contributed by atoms with Crippen molar-refractivity contribution in [2.75, 3.05) is 12.3 Å². The fourth-order valence-electron chi connectivity index (χ4n) is 2.62. The molecular weight excluding hydrogens is 226 g/mol. The highest BCUT2D eigenvalue weighted by Crippen LogP contribution is 2.36. The highest BCUT2D eigenvalue weighted by Gasteiger charge is 2.28. The first-order chi connectivity index (χ1) is 8.07. The number of thioether (sulfide) groups is 1. The standard InChI is InChI=1S/C15H23NS/c1-12-7-13(2)9-14(8-12)10-16-11-15(3)5-4-6-17-15/h7-9,16H,4-6,10-11H2,1-3H3. The van der Waals surface area contributed by atoms with Gasteiger partial charge in [0.05, 0.1) is 0 Å². The van der Waals surface area contributed by atoms with Crippen molar-refractivity contribution in [3.63, 3.8) is 0 Å². The zero-order chi connectivity index (χ0) is 12.3. The fraction of sp³-hybridized carbons (Fsp3) is 0.600. The van der Waals surface area contributed by atoms with Gasteiger partial charge in [-0.15, -0.1) is 0 Å². The maximum Gasteiger partial charge on any atom is 0.0256 e. The minimum Gasteiger partial charge on any atom is -0.311 e. The van der Waals surface area contributed by atoms with Gasteiger partial charge in [0.25, 0.3) is 0 Å². The van der Waals surface area contributed by atoms with Crippen molar-refractivity contribution < 1.29 is 0 Å². The molecule has 2 rings (SSSR count). The molecule has 0 amide bonds. The van der Waals surface area contributed by atoms with Crippen molar-refractivity contribution in [3.05, 3.63) is 34.9 Å². The minimum absolute atomic E-state index is 0.471. The monoisotopic (exact) mass is 249 g/mol. The van der Waals surface area contributed by atoms with Gasteiger partial charge in [-0.05, 0) is 44.9 Å². The second-order valence-electron chi connectivity index (χ2n) is 5.50. The van der Waals surface area contributed by atoms with Crippen LogP contribution in [0.1, 0.15) is 36.5 Å². The Kier molecular flexibility index (Phi) is 4.16. The van der Waals surface area contributed by atoms with Gasteiger partial charge in [-0.1, -0.05) is 29.3 Å². The molecule has 1 unspecified atom stereocenters. The molecule has 0 radical (unpaired) electrons. The van der Waals surface area contributed by atoms with Crippen molar-refractivity contribution in [3.8, 4) is 0 Å². The summed E-state index contributed by atoms with van der Waals surface area (Å²) in [4.78, 5) is 0. The highest BCUT2D eigenvalue weighted by molar-refractivity contribution is 8.00. The third-order valence-electron chi connectivity index (χ3n) is 3.41. The van der Waals surface area contributed by atoms with Crippen LogP contribution >= 0.6 is 11.8 Å². The van der Waals surface area contributed by atoms with Gasteiger partial charge < -0.3 is 5.32 Å². The molecule has 1 heterocycles. The van der Waals surface area contributed by atoms with Crippen LogP contribution in [0.5, 0.6) is 0 Å². The lowest BCUT2D eigenvalue weighted by Gasteiger charge is -2.23. The van der Waals surface area contributed by atoms with E-state index in [4.69, 9.17) is 0 Å². The third kappa shape index (κ3) is 3.75. The molecule has 0 saturated carbocycles. The summed E-state index contributed by atoms with van der Waals surface area (Å²) in [7, 11) is 0. The predicted octanol–water partition coefficient (Wildman–Crippen LogP) is 3.68. The highest BCUT2D eigenvalue weighted by atomic mass is 32.2. The van der Waals surface area contributed by atoms with Crippen molar-refractivity contribution in [2.24, 2.45) is 0 Å². The van der Waals surface area contributed by atoms with Crippen LogP contribution in [0.3, 0.4) is 0 Å². The first-order valence-electron chi connectivity index (χ1n) is 6.49. The molecule has 1 aromatic rings. The molecule has 1 fully saturated rings. The van der Waals surface area contributed by atoms with Crippen LogP contribution in [-0.2, 0) is 6.54 Å². The Hall–Kier alpha value is -0.470. The quantitative estimate of drug-likeness (QED) is 0.873. The molecule has 1 nitrogen and oxygen atoms in total. The topological polar surface area (TPSA) is 12.0 Å². The number of nitrogens with one attached hydrogen (secondary N) is 1. The summed E-state index contributed by atoms with van der Waals surface area (Å²) in [5.74, 6) is 1.34. The minimum atomic E-state index is 0.471. The molecule has 1 aliphatic rings. The van der Waals surface area contributed by atoms with E-state index in [1.807, 2.05) is 0 Å². The molecule has 0 bridgehead atoms. The molecule has 1 atom stereocenters. The van der Waals surface area contributed by atoms with Gasteiger partial charge in [-0.2, -0.15) is 11.8 Å². The van der Waals surface area contributed by atoms with E-state index in [-0.39, 0.29) is 0 Å². The van der Waals surface area contributed by atoms with Gasteiger partial charge in [0.1, 0.15) is 0 Å². The average molecular weight is 249 g/mol. The van der Waals surface area contributed by atoms with E-state index in [1.165, 1.54) is 35.3 Å². The predicted molar refractivity (Wildman–Crippen MR) is 77.7 cm³/mol. The van der Waals surface area contributed by atoms with Crippen LogP contribution in [-0.4, -0.2) is 17.0 Å². The molecule has 94 valence electrons. The van der Waals surface area contributed by atoms with Crippen LogP contribution in [0.15, 0.2) is 18.2 Å². The summed E-state index contributed by atoms with van der Waals surface area (Å²) >= 11 is 2.12. The Morgan fingerprint density at radius 2 is 1.94 bits per heavy atom. The molecule has 17 heavy (non-hydrogen) atoms. The lowest BCUT2D eigenvalue weighted by molar-refractivity contribution is 0.537. The van der Waals surface area contributed by atoms with Gasteiger partial charge in [-0.25, -0.2) is 0 Å². The van der Waals surface area contributed by atoms with E-state index < -0.39 is 0 Å². The first-order valence-corrected chi connectivity index (χ1v) is 7.48. The van der Waals surface area contributed by atoms with E-state index in [0.717, 1.165) is 13.1 Å². The number of rotatable bonds is 4. The number of hydrogen-bond acceptors (Lipinski definition) is 2. The van der Waals surface area contributed by atoms with Gasteiger partial charge in [-0.3, -0.25) is 0 Å². The molecule has 2 heteroatoms. The zero-order valence-corrected chi connectivity index (χ0v) is 12.0. The summed E-state index contributed by atoms with van der Waals surface area (Å²) in [6, 6.07) is 6.80. The zero-order valence-electron chi connectivity index (χ0n) is 11.2. The maximum absolute atomic E-state index is 3.62. The smallest absolute Gasteiger partial charge is 0.0256 e. The van der Waals surface area contributed by atoms with Crippen LogP contribution in [0, 0.1) is 13.8 Å². The second kappa shape index (κ2) is 5.45. The molecule has 1 N–H and O–H groups in total. The Balaban J connectivity index is 1.85. The second-order valence-corrected chi connectivity index (χ2v) is 7.18. The number of hydrogen-bond donors (Lipinski definition) is 1. The Morgan fingerprint density at radius 1 is 1.24 bits per heavy atom. The third-order valence-corrected chi connectivity index (χ3v) is 4.95. The summed E-state index contributed by atoms with van der Waals surface area (Å²) in [5.41, 5.74) is 4.14. The molecule has 1 aromatic carbocycles. The van der Waals surface area contributed by atoms with Crippen molar-refractivity contribution in [1.29, 1.82) is 0 Å². The molecule has 0 spiro atoms. The normalized spacial score (nSPS) is 24.2. The fourth-order valence-corrected chi connectivity index (χ4v) is 3.89. The van der Waals surface area contributed by atoms with Crippen LogP contribution in [0.2, 0.25) is 0 Å². The lowest BCUT2D eigenvalue weighted by atomic mass is 10.0. The van der Waals surface area contributed by atoms with E-state index in [0.29, 0.717) is 4.75 Å². The van der Waals surface area contributed by atoms with Gasteiger partial charge in [0.2, 0.25) is 0 Å². The SMILES string of the molecule is Cc1cc(C)cc(CNCC2(C)CCCS2)c1. The van der Waals surface area contributed by atoms with Gasteiger partial charge in [0, 0.05) is 17.8 Å². The molecule has 0 aliphatic carbocycles. The Morgan fingerprint density at radius 3 is 2.53 bits per heavy atom. The summed E-state index contributed by atoms with van der Waals surface area (Å²) in [6.07, 6.45) is 2.74. The van der Waals surface area contributed by atoms with Crippen LogP contribution in [0.25, 0.3) is 0 Å².